The monoisotopic (exact) mass is 352 g/mol. The number of hydrogen-bond acceptors (Lipinski definition) is 4. The van der Waals surface area contributed by atoms with Crippen molar-refractivity contribution in [1.82, 2.24) is 4.90 Å². The smallest absolute Gasteiger partial charge is 0.305 e. The van der Waals surface area contributed by atoms with Gasteiger partial charge in [-0.15, -0.1) is 0 Å². The van der Waals surface area contributed by atoms with Crippen LogP contribution in [0.2, 0.25) is 5.02 Å². The Morgan fingerprint density at radius 2 is 1.88 bits per heavy atom. The number of nitrogens with two attached hydrogens (primary N) is 1. The van der Waals surface area contributed by atoms with Crippen LogP contribution in [-0.4, -0.2) is 56.7 Å². The molecule has 0 atom stereocenters. The van der Waals surface area contributed by atoms with Gasteiger partial charge in [0.25, 0.3) is 0 Å². The Labute approximate surface area is 148 Å². The van der Waals surface area contributed by atoms with Crippen molar-refractivity contribution < 1.29 is 9.53 Å². The van der Waals surface area contributed by atoms with Crippen LogP contribution in [0.3, 0.4) is 0 Å². The minimum atomic E-state index is -0.176. The van der Waals surface area contributed by atoms with E-state index in [1.807, 2.05) is 24.3 Å². The van der Waals surface area contributed by atoms with Crippen LogP contribution in [0.15, 0.2) is 29.3 Å². The Morgan fingerprint density at radius 3 is 2.50 bits per heavy atom. The van der Waals surface area contributed by atoms with Gasteiger partial charge in [0.1, 0.15) is 0 Å². The fourth-order valence-corrected chi connectivity index (χ4v) is 2.75. The quantitative estimate of drug-likeness (QED) is 0.367. The van der Waals surface area contributed by atoms with Crippen LogP contribution < -0.4 is 10.6 Å². The molecule has 24 heavy (non-hydrogen) atoms. The first-order valence-corrected chi connectivity index (χ1v) is 8.60. The number of nitrogens with zero attached hydrogens (tertiary/aromatic N) is 3. The van der Waals surface area contributed by atoms with Gasteiger partial charge >= 0.3 is 5.97 Å². The molecule has 6 nitrogen and oxygen atoms in total. The van der Waals surface area contributed by atoms with E-state index < -0.39 is 0 Å². The molecule has 0 amide bonds. The third-order valence-electron chi connectivity index (χ3n) is 4.09. The maximum absolute atomic E-state index is 11.0. The van der Waals surface area contributed by atoms with Gasteiger partial charge in [-0.25, -0.2) is 0 Å². The normalized spacial score (nSPS) is 15.5. The lowest BCUT2D eigenvalue weighted by molar-refractivity contribution is -0.140. The van der Waals surface area contributed by atoms with Gasteiger partial charge in [-0.3, -0.25) is 9.79 Å². The molecule has 1 aromatic carbocycles. The van der Waals surface area contributed by atoms with Gasteiger partial charge in [0.15, 0.2) is 5.96 Å². The fourth-order valence-electron chi connectivity index (χ4n) is 2.62. The predicted octanol–water partition coefficient (Wildman–Crippen LogP) is 2.12. The van der Waals surface area contributed by atoms with Gasteiger partial charge in [-0.2, -0.15) is 0 Å². The summed E-state index contributed by atoms with van der Waals surface area (Å²) in [4.78, 5) is 19.9. The molecule has 132 valence electrons. The lowest BCUT2D eigenvalue weighted by Crippen LogP contribution is -2.51. The highest BCUT2D eigenvalue weighted by molar-refractivity contribution is 6.30. The topological polar surface area (TPSA) is 71.2 Å². The summed E-state index contributed by atoms with van der Waals surface area (Å²) in [6.45, 7) is 4.14. The summed E-state index contributed by atoms with van der Waals surface area (Å²) < 4.78 is 4.61. The molecule has 0 spiro atoms. The first kappa shape index (κ1) is 18.4. The number of anilines is 1. The molecule has 1 aliphatic heterocycles. The second kappa shape index (κ2) is 9.37. The van der Waals surface area contributed by atoms with Crippen molar-refractivity contribution in [3.8, 4) is 0 Å². The highest BCUT2D eigenvalue weighted by Crippen LogP contribution is 2.19. The summed E-state index contributed by atoms with van der Waals surface area (Å²) in [5.41, 5.74) is 7.25. The molecule has 1 fully saturated rings. The van der Waals surface area contributed by atoms with E-state index in [-0.39, 0.29) is 5.97 Å². The highest BCUT2D eigenvalue weighted by atomic mass is 35.5. The first-order chi connectivity index (χ1) is 11.6. The van der Waals surface area contributed by atoms with Gasteiger partial charge in [-0.1, -0.05) is 11.6 Å². The van der Waals surface area contributed by atoms with E-state index in [4.69, 9.17) is 17.3 Å². The molecule has 1 aromatic rings. The van der Waals surface area contributed by atoms with Crippen molar-refractivity contribution in [2.45, 2.75) is 19.3 Å². The third kappa shape index (κ3) is 5.60. The van der Waals surface area contributed by atoms with Crippen molar-refractivity contribution in [1.29, 1.82) is 0 Å². The zero-order chi connectivity index (χ0) is 17.4. The van der Waals surface area contributed by atoms with E-state index in [0.717, 1.165) is 44.0 Å². The van der Waals surface area contributed by atoms with Crippen molar-refractivity contribution in [3.63, 3.8) is 0 Å². The van der Waals surface area contributed by atoms with Crippen LogP contribution in [0.1, 0.15) is 19.3 Å². The summed E-state index contributed by atoms with van der Waals surface area (Å²) in [5, 5.41) is 0.751. The van der Waals surface area contributed by atoms with Gasteiger partial charge < -0.3 is 20.3 Å². The molecule has 0 bridgehead atoms. The zero-order valence-electron chi connectivity index (χ0n) is 14.1. The average Bonchev–Trinajstić information content (AvgIpc) is 2.62. The summed E-state index contributed by atoms with van der Waals surface area (Å²) in [6, 6.07) is 7.90. The lowest BCUT2D eigenvalue weighted by atomic mass is 10.2. The summed E-state index contributed by atoms with van der Waals surface area (Å²) >= 11 is 5.93. The van der Waals surface area contributed by atoms with Gasteiger partial charge in [-0.05, 0) is 37.1 Å². The highest BCUT2D eigenvalue weighted by Gasteiger charge is 2.18. The summed E-state index contributed by atoms with van der Waals surface area (Å²) in [6.07, 6.45) is 2.04. The van der Waals surface area contributed by atoms with Crippen LogP contribution in [0.4, 0.5) is 5.69 Å². The third-order valence-corrected chi connectivity index (χ3v) is 4.34. The maximum atomic E-state index is 11.0. The molecule has 1 aliphatic rings. The fraction of sp³-hybridized carbons (Fsp3) is 0.529. The minimum Gasteiger partial charge on any atom is -0.469 e. The van der Waals surface area contributed by atoms with Gasteiger partial charge in [0, 0.05) is 49.9 Å². The number of unbranched alkanes of at least 4 members (excludes halogenated alkanes) is 1. The Morgan fingerprint density at radius 1 is 1.21 bits per heavy atom. The number of rotatable bonds is 6. The molecule has 0 aliphatic carbocycles. The summed E-state index contributed by atoms with van der Waals surface area (Å²) in [7, 11) is 1.40. The number of ether oxygens (including phenoxy) is 1. The number of hydrogen-bond donors (Lipinski definition) is 1. The van der Waals surface area contributed by atoms with Crippen molar-refractivity contribution >= 4 is 29.2 Å². The number of aliphatic imine (C=N–C) groups is 1. The number of carbonyl (C=O) groups is 1. The van der Waals surface area contributed by atoms with E-state index in [1.54, 1.807) is 0 Å². The molecule has 0 aromatic heterocycles. The molecule has 7 heteroatoms. The van der Waals surface area contributed by atoms with Crippen LogP contribution in [0, 0.1) is 0 Å². The largest absolute Gasteiger partial charge is 0.469 e. The second-order valence-electron chi connectivity index (χ2n) is 5.72. The van der Waals surface area contributed by atoms with E-state index in [9.17, 15) is 4.79 Å². The Hall–Kier alpha value is -1.95. The molecule has 1 heterocycles. The number of benzene rings is 1. The summed E-state index contributed by atoms with van der Waals surface area (Å²) in [5.74, 6) is 0.411. The van der Waals surface area contributed by atoms with E-state index in [0.29, 0.717) is 18.9 Å². The Balaban J connectivity index is 1.71. The molecular formula is C17H25ClN4O2. The predicted molar refractivity (Wildman–Crippen MR) is 97.6 cm³/mol. The van der Waals surface area contributed by atoms with Crippen LogP contribution in [0.5, 0.6) is 0 Å². The van der Waals surface area contributed by atoms with Crippen LogP contribution >= 0.6 is 11.6 Å². The molecule has 2 rings (SSSR count). The molecule has 0 radical (unpaired) electrons. The van der Waals surface area contributed by atoms with E-state index >= 15 is 0 Å². The number of guanidine groups is 1. The number of carbonyl (C=O) groups excluding carboxylic acids is 1. The molecule has 0 unspecified atom stereocenters. The standard InChI is InChI=1S/C17H25ClN4O2/c1-24-16(23)4-2-3-9-20-17(19)22-12-10-21(11-13-22)15-7-5-14(18)6-8-15/h5-8H,2-4,9-13H2,1H3,(H2,19,20). The number of esters is 1. The minimum absolute atomic E-state index is 0.176. The number of halogens is 1. The average molecular weight is 353 g/mol. The SMILES string of the molecule is COC(=O)CCCCN=C(N)N1CCN(c2ccc(Cl)cc2)CC1. The lowest BCUT2D eigenvalue weighted by Gasteiger charge is -2.36. The maximum Gasteiger partial charge on any atom is 0.305 e. The Bertz CT molecular complexity index is 554. The number of methoxy groups -OCH3 is 1. The van der Waals surface area contributed by atoms with E-state index in [2.05, 4.69) is 19.5 Å². The Kier molecular flexibility index (Phi) is 7.18. The van der Waals surface area contributed by atoms with Gasteiger partial charge in [0.2, 0.25) is 0 Å². The molecule has 0 saturated carbocycles. The van der Waals surface area contributed by atoms with Crippen LogP contribution in [0.25, 0.3) is 0 Å². The van der Waals surface area contributed by atoms with E-state index in [1.165, 1.54) is 12.8 Å². The molecular weight excluding hydrogens is 328 g/mol. The zero-order valence-corrected chi connectivity index (χ0v) is 14.8. The first-order valence-electron chi connectivity index (χ1n) is 8.22. The van der Waals surface area contributed by atoms with Crippen molar-refractivity contribution in [2.75, 3.05) is 44.7 Å². The molecule has 2 N–H and O–H groups in total. The van der Waals surface area contributed by atoms with Crippen molar-refractivity contribution in [2.24, 2.45) is 10.7 Å². The number of piperazine rings is 1. The second-order valence-corrected chi connectivity index (χ2v) is 6.16. The van der Waals surface area contributed by atoms with Crippen LogP contribution in [-0.2, 0) is 9.53 Å². The molecule has 1 saturated heterocycles. The van der Waals surface area contributed by atoms with Crippen molar-refractivity contribution in [3.05, 3.63) is 29.3 Å². The van der Waals surface area contributed by atoms with Gasteiger partial charge in [0.05, 0.1) is 7.11 Å².